The molecule has 0 aliphatic carbocycles. The van der Waals surface area contributed by atoms with Crippen molar-refractivity contribution in [1.82, 2.24) is 4.57 Å². The van der Waals surface area contributed by atoms with Crippen LogP contribution in [0.5, 0.6) is 0 Å². The fourth-order valence-electron chi connectivity index (χ4n) is 1.42. The molecule has 1 N–H and O–H groups in total. The Kier molecular flexibility index (Phi) is 7.91. The van der Waals surface area contributed by atoms with Crippen LogP contribution in [-0.2, 0) is 23.1 Å². The second kappa shape index (κ2) is 8.31. The van der Waals surface area contributed by atoms with Gasteiger partial charge in [-0.25, -0.2) is 0 Å². The van der Waals surface area contributed by atoms with Crippen molar-refractivity contribution < 1.29 is 13.0 Å². The highest BCUT2D eigenvalue weighted by atomic mass is 32.2. The Morgan fingerprint density at radius 3 is 2.35 bits per heavy atom. The molecule has 100 valence electrons. The summed E-state index contributed by atoms with van der Waals surface area (Å²) in [4.78, 5) is 0. The molecule has 0 aliphatic rings. The maximum Gasteiger partial charge on any atom is 0.261 e. The minimum absolute atomic E-state index is 0.715. The Morgan fingerprint density at radius 2 is 1.88 bits per heavy atom. The van der Waals surface area contributed by atoms with E-state index in [-0.39, 0.29) is 0 Å². The van der Waals surface area contributed by atoms with Crippen molar-refractivity contribution in [2.24, 2.45) is 0 Å². The fraction of sp³-hybridized carbons (Fsp3) is 0.667. The minimum Gasteiger partial charge on any atom is -0.354 e. The van der Waals surface area contributed by atoms with E-state index in [9.17, 15) is 8.42 Å². The lowest BCUT2D eigenvalue weighted by atomic mass is 10.2. The van der Waals surface area contributed by atoms with Gasteiger partial charge in [-0.2, -0.15) is 8.42 Å². The maximum absolute atomic E-state index is 9.19. The van der Waals surface area contributed by atoms with Gasteiger partial charge >= 0.3 is 0 Å². The molecule has 1 rings (SSSR count). The quantitative estimate of drug-likeness (QED) is 0.829. The fourth-order valence-corrected chi connectivity index (χ4v) is 1.42. The van der Waals surface area contributed by atoms with E-state index in [1.54, 1.807) is 0 Å². The van der Waals surface area contributed by atoms with Crippen LogP contribution in [0, 0.1) is 0 Å². The third-order valence-electron chi connectivity index (χ3n) is 2.11. The van der Waals surface area contributed by atoms with E-state index in [4.69, 9.17) is 4.55 Å². The highest BCUT2D eigenvalue weighted by molar-refractivity contribution is 7.85. The van der Waals surface area contributed by atoms with E-state index in [0.717, 1.165) is 6.54 Å². The standard InChI is InChI=1S/C11H19N.CH4O3S/c1-3-5-6-11-7-9-12(10-11)8-4-2;1-5(2,3)4/h7,9-10H,3-6,8H2,1-2H3;1H3,(H,2,3,4). The predicted molar refractivity (Wildman–Crippen MR) is 70.8 cm³/mol. The zero-order valence-corrected chi connectivity index (χ0v) is 11.7. The lowest BCUT2D eigenvalue weighted by Gasteiger charge is -1.97. The molecule has 0 spiro atoms. The molecular formula is C12H23NO3S. The van der Waals surface area contributed by atoms with Crippen molar-refractivity contribution in [3.05, 3.63) is 24.0 Å². The lowest BCUT2D eigenvalue weighted by molar-refractivity contribution is 0.490. The Hall–Kier alpha value is -0.810. The van der Waals surface area contributed by atoms with Crippen molar-refractivity contribution >= 4 is 10.1 Å². The van der Waals surface area contributed by atoms with Crippen molar-refractivity contribution in [1.29, 1.82) is 0 Å². The number of rotatable bonds is 5. The molecule has 1 aromatic rings. The van der Waals surface area contributed by atoms with E-state index in [1.807, 2.05) is 0 Å². The Balaban J connectivity index is 0.000000437. The van der Waals surface area contributed by atoms with Crippen LogP contribution in [0.15, 0.2) is 18.5 Å². The van der Waals surface area contributed by atoms with Gasteiger partial charge < -0.3 is 4.57 Å². The first-order chi connectivity index (χ1) is 7.86. The smallest absolute Gasteiger partial charge is 0.261 e. The molecule has 0 radical (unpaired) electrons. The third kappa shape index (κ3) is 11.5. The minimum atomic E-state index is -3.67. The van der Waals surface area contributed by atoms with Crippen LogP contribution >= 0.6 is 0 Å². The summed E-state index contributed by atoms with van der Waals surface area (Å²) >= 11 is 0. The number of nitrogens with zero attached hydrogens (tertiary/aromatic N) is 1. The second-order valence-electron chi connectivity index (χ2n) is 4.09. The largest absolute Gasteiger partial charge is 0.354 e. The molecule has 17 heavy (non-hydrogen) atoms. The number of hydrogen-bond acceptors (Lipinski definition) is 2. The predicted octanol–water partition coefficient (Wildman–Crippen LogP) is 2.74. The summed E-state index contributed by atoms with van der Waals surface area (Å²) in [6.45, 7) is 5.61. The number of aryl methyl sites for hydroxylation is 2. The molecule has 0 aliphatic heterocycles. The molecule has 5 heteroatoms. The van der Waals surface area contributed by atoms with E-state index in [2.05, 4.69) is 36.9 Å². The van der Waals surface area contributed by atoms with Gasteiger partial charge in [0.25, 0.3) is 10.1 Å². The number of aromatic nitrogens is 1. The summed E-state index contributed by atoms with van der Waals surface area (Å²) < 4.78 is 28.2. The molecule has 0 fully saturated rings. The molecule has 0 saturated carbocycles. The van der Waals surface area contributed by atoms with Crippen molar-refractivity contribution in [2.75, 3.05) is 6.26 Å². The van der Waals surface area contributed by atoms with Crippen LogP contribution in [0.3, 0.4) is 0 Å². The van der Waals surface area contributed by atoms with Gasteiger partial charge in [-0.15, -0.1) is 0 Å². The molecule has 0 amide bonds. The molecule has 4 nitrogen and oxygen atoms in total. The molecule has 0 aromatic carbocycles. The molecule has 0 bridgehead atoms. The van der Waals surface area contributed by atoms with Gasteiger partial charge in [0, 0.05) is 18.9 Å². The van der Waals surface area contributed by atoms with Crippen molar-refractivity contribution in [3.63, 3.8) is 0 Å². The van der Waals surface area contributed by atoms with Gasteiger partial charge in [-0.3, -0.25) is 4.55 Å². The first kappa shape index (κ1) is 16.2. The summed E-state index contributed by atoms with van der Waals surface area (Å²) in [6.07, 6.45) is 10.3. The Bertz CT molecular complexity index is 388. The molecule has 0 saturated heterocycles. The van der Waals surface area contributed by atoms with Crippen LogP contribution in [-0.4, -0.2) is 23.8 Å². The summed E-state index contributed by atoms with van der Waals surface area (Å²) in [6, 6.07) is 2.24. The summed E-state index contributed by atoms with van der Waals surface area (Å²) in [7, 11) is -3.67. The summed E-state index contributed by atoms with van der Waals surface area (Å²) in [5, 5.41) is 0. The second-order valence-corrected chi connectivity index (χ2v) is 5.56. The van der Waals surface area contributed by atoms with E-state index in [0.29, 0.717) is 6.26 Å². The van der Waals surface area contributed by atoms with Crippen LogP contribution in [0.4, 0.5) is 0 Å². The SMILES string of the molecule is CCCCc1ccn(CCC)c1.CS(=O)(=O)O. The van der Waals surface area contributed by atoms with Crippen LogP contribution in [0.2, 0.25) is 0 Å². The summed E-state index contributed by atoms with van der Waals surface area (Å²) in [5.41, 5.74) is 1.49. The molecule has 0 atom stereocenters. The highest BCUT2D eigenvalue weighted by Gasteiger charge is 1.94. The normalized spacial score (nSPS) is 10.8. The van der Waals surface area contributed by atoms with Crippen molar-refractivity contribution in [3.8, 4) is 0 Å². The first-order valence-electron chi connectivity index (χ1n) is 5.94. The van der Waals surface area contributed by atoms with Crippen LogP contribution in [0.1, 0.15) is 38.7 Å². The Labute approximate surface area is 104 Å². The first-order valence-corrected chi connectivity index (χ1v) is 7.78. The van der Waals surface area contributed by atoms with E-state index >= 15 is 0 Å². The lowest BCUT2D eigenvalue weighted by Crippen LogP contribution is -1.91. The average molecular weight is 261 g/mol. The number of unbranched alkanes of at least 4 members (excludes halogenated alkanes) is 1. The molecule has 1 heterocycles. The van der Waals surface area contributed by atoms with Crippen LogP contribution in [0.25, 0.3) is 0 Å². The molecular weight excluding hydrogens is 238 g/mol. The maximum atomic E-state index is 9.19. The van der Waals surface area contributed by atoms with Gasteiger partial charge in [0.2, 0.25) is 0 Å². The van der Waals surface area contributed by atoms with Gasteiger partial charge in [0.05, 0.1) is 6.26 Å². The van der Waals surface area contributed by atoms with E-state index < -0.39 is 10.1 Å². The summed E-state index contributed by atoms with van der Waals surface area (Å²) in [5.74, 6) is 0. The average Bonchev–Trinajstić information content (AvgIpc) is 2.61. The molecule has 0 unspecified atom stereocenters. The Morgan fingerprint density at radius 1 is 1.29 bits per heavy atom. The van der Waals surface area contributed by atoms with Crippen molar-refractivity contribution in [2.45, 2.75) is 46.1 Å². The zero-order chi connectivity index (χ0) is 13.3. The van der Waals surface area contributed by atoms with E-state index in [1.165, 1.54) is 31.2 Å². The highest BCUT2D eigenvalue weighted by Crippen LogP contribution is 2.06. The topological polar surface area (TPSA) is 59.3 Å². The zero-order valence-electron chi connectivity index (χ0n) is 10.9. The van der Waals surface area contributed by atoms with Gasteiger partial charge in [-0.05, 0) is 30.9 Å². The number of hydrogen-bond donors (Lipinski definition) is 1. The van der Waals surface area contributed by atoms with Gasteiger partial charge in [-0.1, -0.05) is 20.3 Å². The van der Waals surface area contributed by atoms with Gasteiger partial charge in [0.15, 0.2) is 0 Å². The van der Waals surface area contributed by atoms with Gasteiger partial charge in [0.1, 0.15) is 0 Å². The van der Waals surface area contributed by atoms with Crippen LogP contribution < -0.4 is 0 Å². The monoisotopic (exact) mass is 261 g/mol. The third-order valence-corrected chi connectivity index (χ3v) is 2.11. The molecule has 1 aromatic heterocycles.